The number of amides is 1. The molecule has 1 heterocycles. The fourth-order valence-corrected chi connectivity index (χ4v) is 8.51. The fraction of sp³-hybridized carbons (Fsp3) is 0.688. The first kappa shape index (κ1) is 69.3. The molecule has 75 heavy (non-hydrogen) atoms. The number of aliphatic hydroxyl groups is 5. The van der Waals surface area contributed by atoms with Crippen LogP contribution < -0.4 is 5.32 Å². The van der Waals surface area contributed by atoms with Crippen LogP contribution in [0.3, 0.4) is 0 Å². The summed E-state index contributed by atoms with van der Waals surface area (Å²) < 4.78 is 17.5. The van der Waals surface area contributed by atoms with Crippen molar-refractivity contribution in [3.05, 3.63) is 109 Å². The van der Waals surface area contributed by atoms with Crippen molar-refractivity contribution in [3.8, 4) is 0 Å². The zero-order valence-corrected chi connectivity index (χ0v) is 47.1. The Morgan fingerprint density at radius 1 is 0.533 bits per heavy atom. The van der Waals surface area contributed by atoms with E-state index < -0.39 is 67.4 Å². The van der Waals surface area contributed by atoms with Gasteiger partial charge in [0, 0.05) is 6.42 Å². The van der Waals surface area contributed by atoms with E-state index in [2.05, 4.69) is 123 Å². The first-order valence-corrected chi connectivity index (χ1v) is 29.7. The van der Waals surface area contributed by atoms with Crippen molar-refractivity contribution in [1.29, 1.82) is 0 Å². The molecule has 0 aromatic carbocycles. The molecule has 0 bridgehead atoms. The first-order valence-electron chi connectivity index (χ1n) is 29.7. The van der Waals surface area contributed by atoms with E-state index in [9.17, 15) is 35.1 Å². The average molecular weight is 1050 g/mol. The molecule has 8 unspecified atom stereocenters. The predicted octanol–water partition coefficient (Wildman–Crippen LogP) is 13.7. The van der Waals surface area contributed by atoms with E-state index >= 15 is 0 Å². The number of carbonyl (C=O) groups is 2. The summed E-state index contributed by atoms with van der Waals surface area (Å²) in [5.41, 5.74) is 0. The second kappa shape index (κ2) is 51.1. The Hall–Kier alpha value is -3.68. The SMILES string of the molecule is CC/C=C\C/C=C\C/C=C\C/C=C\C/C=C\C/C=C\CCCCC(=O)OC1C(OCC(NC(=O)C(O)CCCCCCCC/C=C/C/C=C/CC)C(O)/C=C/CCCCCCCCCCCC)OC(CO)C(O)C1O. The number of hydrogen-bond donors (Lipinski definition) is 6. The highest BCUT2D eigenvalue weighted by Crippen LogP contribution is 2.26. The summed E-state index contributed by atoms with van der Waals surface area (Å²) >= 11 is 0. The van der Waals surface area contributed by atoms with E-state index in [0.29, 0.717) is 12.8 Å². The van der Waals surface area contributed by atoms with Gasteiger partial charge < -0.3 is 45.1 Å². The number of allylic oxidation sites excluding steroid dienone is 17. The lowest BCUT2D eigenvalue weighted by Crippen LogP contribution is -2.61. The van der Waals surface area contributed by atoms with Crippen molar-refractivity contribution in [1.82, 2.24) is 5.32 Å². The largest absolute Gasteiger partial charge is 0.454 e. The molecule has 1 amide bonds. The summed E-state index contributed by atoms with van der Waals surface area (Å²) in [5, 5.41) is 56.8. The molecule has 1 rings (SSSR count). The van der Waals surface area contributed by atoms with Crippen molar-refractivity contribution in [3.63, 3.8) is 0 Å². The Labute approximate surface area is 456 Å². The van der Waals surface area contributed by atoms with Crippen LogP contribution in [0.15, 0.2) is 109 Å². The lowest BCUT2D eigenvalue weighted by Gasteiger charge is -2.41. The molecule has 11 heteroatoms. The quantitative estimate of drug-likeness (QED) is 0.0195. The summed E-state index contributed by atoms with van der Waals surface area (Å²) in [6.07, 6.45) is 58.4. The highest BCUT2D eigenvalue weighted by Gasteiger charge is 2.47. The van der Waals surface area contributed by atoms with E-state index in [1.54, 1.807) is 6.08 Å². The molecule has 1 aliphatic rings. The standard InChI is InChI=1S/C64H107NO10/c1-4-7-10-13-16-19-22-25-26-27-28-29-30-31-32-34-37-40-43-46-49-52-59(69)75-62-61(71)60(70)58(53-66)74-64(62)73-54-55(56(67)50-47-44-41-38-35-24-21-18-15-12-9-6-3)65-63(72)57(68)51-48-45-42-39-36-33-23-20-17-14-11-8-5-2/h7-8,10-11,16-17,19-20,25-26,28-29,31-32,37,40,47,50,55-58,60-62,64,66-68,70-71H,4-6,9,12-15,18,21-24,27,30,33-36,38-39,41-46,48-49,51-54H2,1-3H3,(H,65,72)/b10-7-,11-8+,19-16-,20-17+,26-25-,29-28-,32-31-,40-37-,50-47+. The molecule has 1 fully saturated rings. The van der Waals surface area contributed by atoms with E-state index in [4.69, 9.17) is 14.2 Å². The van der Waals surface area contributed by atoms with E-state index in [1.165, 1.54) is 44.9 Å². The van der Waals surface area contributed by atoms with Crippen LogP contribution in [-0.2, 0) is 23.8 Å². The van der Waals surface area contributed by atoms with Crippen LogP contribution in [0.2, 0.25) is 0 Å². The van der Waals surface area contributed by atoms with Crippen molar-refractivity contribution >= 4 is 11.9 Å². The van der Waals surface area contributed by atoms with Crippen LogP contribution >= 0.6 is 0 Å². The summed E-state index contributed by atoms with van der Waals surface area (Å²) in [4.78, 5) is 26.5. The molecule has 0 aromatic rings. The number of carbonyl (C=O) groups excluding carboxylic acids is 2. The molecule has 428 valence electrons. The van der Waals surface area contributed by atoms with Gasteiger partial charge in [-0.15, -0.1) is 0 Å². The van der Waals surface area contributed by atoms with Crippen molar-refractivity contribution in [2.45, 2.75) is 269 Å². The number of rotatable bonds is 48. The van der Waals surface area contributed by atoms with Crippen molar-refractivity contribution < 1.29 is 49.3 Å². The van der Waals surface area contributed by atoms with Gasteiger partial charge in [0.15, 0.2) is 12.4 Å². The highest BCUT2D eigenvalue weighted by atomic mass is 16.7. The summed E-state index contributed by atoms with van der Waals surface area (Å²) in [6.45, 7) is 5.51. The second-order valence-electron chi connectivity index (χ2n) is 20.0. The summed E-state index contributed by atoms with van der Waals surface area (Å²) in [5.74, 6) is -1.26. The minimum absolute atomic E-state index is 0.0617. The molecule has 0 aliphatic carbocycles. The van der Waals surface area contributed by atoms with Gasteiger partial charge in [-0.3, -0.25) is 9.59 Å². The Morgan fingerprint density at radius 2 is 0.960 bits per heavy atom. The van der Waals surface area contributed by atoms with Gasteiger partial charge in [0.25, 0.3) is 0 Å². The molecule has 8 atom stereocenters. The van der Waals surface area contributed by atoms with Crippen LogP contribution in [0.5, 0.6) is 0 Å². The third kappa shape index (κ3) is 39.4. The molecular formula is C64H107NO10. The maximum atomic E-state index is 13.4. The lowest BCUT2D eigenvalue weighted by molar-refractivity contribution is -0.305. The van der Waals surface area contributed by atoms with Gasteiger partial charge in [-0.25, -0.2) is 0 Å². The van der Waals surface area contributed by atoms with Gasteiger partial charge >= 0.3 is 5.97 Å². The Kier molecular flexibility index (Phi) is 47.2. The molecular weight excluding hydrogens is 943 g/mol. The molecule has 1 saturated heterocycles. The van der Waals surface area contributed by atoms with Crippen LogP contribution in [0.4, 0.5) is 0 Å². The van der Waals surface area contributed by atoms with Gasteiger partial charge in [-0.05, 0) is 103 Å². The van der Waals surface area contributed by atoms with Gasteiger partial charge in [0.05, 0.1) is 25.4 Å². The summed E-state index contributed by atoms with van der Waals surface area (Å²) in [7, 11) is 0. The number of esters is 1. The predicted molar refractivity (Wildman–Crippen MR) is 310 cm³/mol. The molecule has 0 aromatic heterocycles. The lowest BCUT2D eigenvalue weighted by atomic mass is 9.99. The number of unbranched alkanes of at least 4 members (excludes halogenated alkanes) is 18. The van der Waals surface area contributed by atoms with E-state index in [1.807, 2.05) is 6.08 Å². The number of aliphatic hydroxyl groups excluding tert-OH is 5. The topological polar surface area (TPSA) is 175 Å². The number of hydrogen-bond acceptors (Lipinski definition) is 10. The molecule has 11 nitrogen and oxygen atoms in total. The third-order valence-corrected chi connectivity index (χ3v) is 13.2. The zero-order chi connectivity index (χ0) is 54.7. The Morgan fingerprint density at radius 3 is 1.44 bits per heavy atom. The Bertz CT molecular complexity index is 1630. The van der Waals surface area contributed by atoms with E-state index in [-0.39, 0.29) is 19.4 Å². The average Bonchev–Trinajstić information content (AvgIpc) is 3.41. The highest BCUT2D eigenvalue weighted by molar-refractivity contribution is 5.80. The van der Waals surface area contributed by atoms with Crippen LogP contribution in [0, 0.1) is 0 Å². The van der Waals surface area contributed by atoms with Crippen LogP contribution in [0.1, 0.15) is 220 Å². The zero-order valence-electron chi connectivity index (χ0n) is 47.1. The normalized spacial score (nSPS) is 20.0. The van der Waals surface area contributed by atoms with Crippen LogP contribution in [-0.4, -0.2) is 99.6 Å². The smallest absolute Gasteiger partial charge is 0.306 e. The maximum absolute atomic E-state index is 13.4. The second-order valence-corrected chi connectivity index (χ2v) is 20.0. The number of ether oxygens (including phenoxy) is 3. The van der Waals surface area contributed by atoms with E-state index in [0.717, 1.165) is 128 Å². The minimum Gasteiger partial charge on any atom is -0.454 e. The van der Waals surface area contributed by atoms with Gasteiger partial charge in [-0.2, -0.15) is 0 Å². The fourth-order valence-electron chi connectivity index (χ4n) is 8.51. The minimum atomic E-state index is -1.64. The third-order valence-electron chi connectivity index (χ3n) is 13.2. The molecule has 6 N–H and O–H groups in total. The molecule has 0 radical (unpaired) electrons. The first-order chi connectivity index (χ1) is 36.7. The maximum Gasteiger partial charge on any atom is 0.306 e. The van der Waals surface area contributed by atoms with Gasteiger partial charge in [0.1, 0.15) is 24.4 Å². The Balaban J connectivity index is 2.73. The number of nitrogens with one attached hydrogen (secondary N) is 1. The van der Waals surface area contributed by atoms with Crippen molar-refractivity contribution in [2.24, 2.45) is 0 Å². The van der Waals surface area contributed by atoms with Crippen molar-refractivity contribution in [2.75, 3.05) is 13.2 Å². The van der Waals surface area contributed by atoms with Crippen LogP contribution in [0.25, 0.3) is 0 Å². The molecule has 0 saturated carbocycles. The summed E-state index contributed by atoms with van der Waals surface area (Å²) in [6, 6.07) is -1.04. The molecule has 1 aliphatic heterocycles. The van der Waals surface area contributed by atoms with Gasteiger partial charge in [-0.1, -0.05) is 220 Å². The molecule has 0 spiro atoms. The monoisotopic (exact) mass is 1050 g/mol. The van der Waals surface area contributed by atoms with Gasteiger partial charge in [0.2, 0.25) is 5.91 Å².